The third-order valence-corrected chi connectivity index (χ3v) is 5.07. The van der Waals surface area contributed by atoms with Gasteiger partial charge in [0.1, 0.15) is 0 Å². The van der Waals surface area contributed by atoms with Crippen LogP contribution in [0.15, 0.2) is 0 Å². The van der Waals surface area contributed by atoms with Crippen molar-refractivity contribution in [2.45, 2.75) is 39.7 Å². The molecule has 0 spiro atoms. The lowest BCUT2D eigenvalue weighted by molar-refractivity contribution is 0.0555. The molecule has 0 aromatic heterocycles. The van der Waals surface area contributed by atoms with Gasteiger partial charge in [0.15, 0.2) is 0 Å². The Morgan fingerprint density at radius 1 is 1.40 bits per heavy atom. The van der Waals surface area contributed by atoms with E-state index in [4.69, 9.17) is 0 Å². The van der Waals surface area contributed by atoms with Crippen LogP contribution in [0.3, 0.4) is 0 Å². The highest BCUT2D eigenvalue weighted by Crippen LogP contribution is 2.29. The summed E-state index contributed by atoms with van der Waals surface area (Å²) in [5.74, 6) is 2.49. The Morgan fingerprint density at radius 3 is 2.53 bits per heavy atom. The molecule has 1 N–H and O–H groups in total. The summed E-state index contributed by atoms with van der Waals surface area (Å²) in [4.78, 5) is 2.56. The van der Waals surface area contributed by atoms with E-state index in [0.29, 0.717) is 12.6 Å². The third kappa shape index (κ3) is 3.36. The number of nitrogens with zero attached hydrogens (tertiary/aromatic N) is 1. The van der Waals surface area contributed by atoms with Gasteiger partial charge >= 0.3 is 0 Å². The highest BCUT2D eigenvalue weighted by molar-refractivity contribution is 7.99. The summed E-state index contributed by atoms with van der Waals surface area (Å²) in [5, 5.41) is 9.56. The number of hydrogen-bond donors (Lipinski definition) is 1. The monoisotopic (exact) mass is 231 g/mol. The van der Waals surface area contributed by atoms with Crippen molar-refractivity contribution >= 4 is 11.8 Å². The molecule has 1 aliphatic heterocycles. The van der Waals surface area contributed by atoms with E-state index in [2.05, 4.69) is 37.4 Å². The van der Waals surface area contributed by atoms with Gasteiger partial charge in [0, 0.05) is 42.7 Å². The molecule has 1 saturated heterocycles. The average molecular weight is 231 g/mol. The molecule has 0 saturated carbocycles. The van der Waals surface area contributed by atoms with Crippen LogP contribution in [0.4, 0.5) is 0 Å². The van der Waals surface area contributed by atoms with Gasteiger partial charge in [-0.15, -0.1) is 0 Å². The molecule has 3 heteroatoms. The molecule has 15 heavy (non-hydrogen) atoms. The first kappa shape index (κ1) is 13.3. The summed E-state index contributed by atoms with van der Waals surface area (Å²) in [6.07, 6.45) is 2.16. The van der Waals surface area contributed by atoms with Crippen molar-refractivity contribution < 1.29 is 5.11 Å². The van der Waals surface area contributed by atoms with Crippen LogP contribution in [0.25, 0.3) is 0 Å². The first-order valence-corrected chi connectivity index (χ1v) is 7.25. The quantitative estimate of drug-likeness (QED) is 0.785. The van der Waals surface area contributed by atoms with E-state index in [1.807, 2.05) is 0 Å². The molecule has 0 bridgehead atoms. The molecule has 2 nitrogen and oxygen atoms in total. The Kier molecular flexibility index (Phi) is 5.44. The van der Waals surface area contributed by atoms with Crippen LogP contribution in [0.5, 0.6) is 0 Å². The summed E-state index contributed by atoms with van der Waals surface area (Å²) in [5.41, 5.74) is 0.135. The summed E-state index contributed by atoms with van der Waals surface area (Å²) >= 11 is 2.05. The van der Waals surface area contributed by atoms with Crippen molar-refractivity contribution in [1.82, 2.24) is 4.90 Å². The van der Waals surface area contributed by atoms with Gasteiger partial charge in [0.05, 0.1) is 0 Å². The van der Waals surface area contributed by atoms with Crippen molar-refractivity contribution in [3.8, 4) is 0 Å². The van der Waals surface area contributed by atoms with Gasteiger partial charge in [-0.3, -0.25) is 4.90 Å². The van der Waals surface area contributed by atoms with Gasteiger partial charge in [-0.05, 0) is 19.8 Å². The zero-order chi connectivity index (χ0) is 11.3. The molecule has 0 aliphatic carbocycles. The van der Waals surface area contributed by atoms with Crippen LogP contribution < -0.4 is 0 Å². The normalized spacial score (nSPS) is 24.4. The number of aliphatic hydroxyl groups excluding tert-OH is 1. The minimum Gasteiger partial charge on any atom is -0.396 e. The summed E-state index contributed by atoms with van der Waals surface area (Å²) in [6.45, 7) is 9.29. The van der Waals surface area contributed by atoms with Gasteiger partial charge in [-0.2, -0.15) is 11.8 Å². The second-order valence-electron chi connectivity index (χ2n) is 4.76. The van der Waals surface area contributed by atoms with E-state index in [1.54, 1.807) is 0 Å². The average Bonchev–Trinajstić information content (AvgIpc) is 2.29. The fourth-order valence-electron chi connectivity index (χ4n) is 2.17. The Hall–Kier alpha value is 0.270. The van der Waals surface area contributed by atoms with Crippen LogP contribution in [0.1, 0.15) is 33.6 Å². The Morgan fingerprint density at radius 2 is 2.07 bits per heavy atom. The number of aliphatic hydroxyl groups is 1. The second kappa shape index (κ2) is 6.12. The van der Waals surface area contributed by atoms with Gasteiger partial charge in [-0.1, -0.05) is 13.8 Å². The van der Waals surface area contributed by atoms with Crippen LogP contribution in [-0.4, -0.2) is 47.3 Å². The van der Waals surface area contributed by atoms with Crippen molar-refractivity contribution in [2.24, 2.45) is 5.41 Å². The summed E-state index contributed by atoms with van der Waals surface area (Å²) in [7, 11) is 0. The third-order valence-electron chi connectivity index (χ3n) is 3.88. The standard InChI is InChI=1S/C12H25NOS/c1-4-12(5-2,10-14)9-13-6-7-15-8-11(13)3/h11,14H,4-10H2,1-3H3. The van der Waals surface area contributed by atoms with Crippen molar-refractivity contribution in [1.29, 1.82) is 0 Å². The fraction of sp³-hybridized carbons (Fsp3) is 1.00. The highest BCUT2D eigenvalue weighted by atomic mass is 32.2. The largest absolute Gasteiger partial charge is 0.396 e. The van der Waals surface area contributed by atoms with Crippen LogP contribution in [0, 0.1) is 5.41 Å². The molecule has 1 heterocycles. The number of rotatable bonds is 5. The molecular formula is C12H25NOS. The van der Waals surface area contributed by atoms with E-state index in [0.717, 1.165) is 19.4 Å². The van der Waals surface area contributed by atoms with E-state index >= 15 is 0 Å². The lowest BCUT2D eigenvalue weighted by Gasteiger charge is -2.40. The van der Waals surface area contributed by atoms with Crippen LogP contribution in [0.2, 0.25) is 0 Å². The zero-order valence-corrected chi connectivity index (χ0v) is 11.1. The van der Waals surface area contributed by atoms with E-state index < -0.39 is 0 Å². The molecule has 0 amide bonds. The zero-order valence-electron chi connectivity index (χ0n) is 10.3. The maximum absolute atomic E-state index is 9.56. The number of thioether (sulfide) groups is 1. The predicted octanol–water partition coefficient (Wildman–Crippen LogP) is 2.22. The minimum absolute atomic E-state index is 0.135. The minimum atomic E-state index is 0.135. The fourth-order valence-corrected chi connectivity index (χ4v) is 3.26. The molecule has 0 radical (unpaired) electrons. The van der Waals surface area contributed by atoms with Gasteiger partial charge in [-0.25, -0.2) is 0 Å². The lowest BCUT2D eigenvalue weighted by atomic mass is 9.82. The lowest BCUT2D eigenvalue weighted by Crippen LogP contribution is -2.47. The van der Waals surface area contributed by atoms with Crippen molar-refractivity contribution in [2.75, 3.05) is 31.2 Å². The van der Waals surface area contributed by atoms with E-state index in [9.17, 15) is 5.11 Å². The smallest absolute Gasteiger partial charge is 0.0499 e. The van der Waals surface area contributed by atoms with Crippen molar-refractivity contribution in [3.05, 3.63) is 0 Å². The van der Waals surface area contributed by atoms with E-state index in [1.165, 1.54) is 18.1 Å². The van der Waals surface area contributed by atoms with Gasteiger partial charge < -0.3 is 5.11 Å². The second-order valence-corrected chi connectivity index (χ2v) is 5.91. The molecular weight excluding hydrogens is 206 g/mol. The Labute approximate surface area is 98.4 Å². The maximum atomic E-state index is 9.56. The van der Waals surface area contributed by atoms with Crippen LogP contribution in [-0.2, 0) is 0 Å². The van der Waals surface area contributed by atoms with Gasteiger partial charge in [0.2, 0.25) is 0 Å². The SMILES string of the molecule is CCC(CC)(CO)CN1CCSCC1C. The van der Waals surface area contributed by atoms with E-state index in [-0.39, 0.29) is 5.41 Å². The predicted molar refractivity (Wildman–Crippen MR) is 68.5 cm³/mol. The highest BCUT2D eigenvalue weighted by Gasteiger charge is 2.30. The molecule has 1 fully saturated rings. The molecule has 0 aromatic rings. The van der Waals surface area contributed by atoms with Gasteiger partial charge in [0.25, 0.3) is 0 Å². The van der Waals surface area contributed by atoms with Crippen LogP contribution >= 0.6 is 11.8 Å². The topological polar surface area (TPSA) is 23.5 Å². The molecule has 1 rings (SSSR count). The molecule has 0 aromatic carbocycles. The molecule has 90 valence electrons. The molecule has 1 aliphatic rings. The number of hydrogen-bond acceptors (Lipinski definition) is 3. The summed E-state index contributed by atoms with van der Waals surface area (Å²) < 4.78 is 0. The first-order valence-electron chi connectivity index (χ1n) is 6.10. The summed E-state index contributed by atoms with van der Waals surface area (Å²) in [6, 6.07) is 0.674. The van der Waals surface area contributed by atoms with Crippen molar-refractivity contribution in [3.63, 3.8) is 0 Å². The molecule has 1 atom stereocenters. The molecule has 1 unspecified atom stereocenters. The Balaban J connectivity index is 2.56. The Bertz CT molecular complexity index is 174. The maximum Gasteiger partial charge on any atom is 0.0499 e. The first-order chi connectivity index (χ1) is 7.17.